The van der Waals surface area contributed by atoms with Gasteiger partial charge in [0, 0.05) is 18.2 Å². The molecule has 1 amide bonds. The Bertz CT molecular complexity index is 416. The lowest BCUT2D eigenvalue weighted by Crippen LogP contribution is -2.41. The third-order valence-electron chi connectivity index (χ3n) is 3.19. The van der Waals surface area contributed by atoms with E-state index in [0.717, 1.165) is 42.4 Å². The number of hydrogen-bond acceptors (Lipinski definition) is 4. The van der Waals surface area contributed by atoms with E-state index in [1.165, 1.54) is 0 Å². The van der Waals surface area contributed by atoms with Crippen LogP contribution in [-0.2, 0) is 11.3 Å². The average molecular weight is 294 g/mol. The number of rotatable bonds is 7. The summed E-state index contributed by atoms with van der Waals surface area (Å²) in [4.78, 5) is 11.8. The molecule has 1 aliphatic heterocycles. The summed E-state index contributed by atoms with van der Waals surface area (Å²) >= 11 is 1.76. The summed E-state index contributed by atoms with van der Waals surface area (Å²) in [7, 11) is 0. The molecular formula is C15H22N2O2S. The predicted octanol–water partition coefficient (Wildman–Crippen LogP) is 2.14. The van der Waals surface area contributed by atoms with Crippen molar-refractivity contribution in [1.82, 2.24) is 10.6 Å². The molecule has 1 atom stereocenters. The first-order chi connectivity index (χ1) is 9.79. The van der Waals surface area contributed by atoms with E-state index in [1.54, 1.807) is 11.8 Å². The quantitative estimate of drug-likeness (QED) is 0.757. The molecular weight excluding hydrogens is 272 g/mol. The summed E-state index contributed by atoms with van der Waals surface area (Å²) in [6, 6.07) is 7.87. The Morgan fingerprint density at radius 3 is 2.90 bits per heavy atom. The lowest BCUT2D eigenvalue weighted by atomic mass is 10.2. The molecule has 1 heterocycles. The maximum absolute atomic E-state index is 11.8. The van der Waals surface area contributed by atoms with Crippen LogP contribution in [-0.4, -0.2) is 30.2 Å². The van der Waals surface area contributed by atoms with Crippen LogP contribution in [0.15, 0.2) is 24.3 Å². The molecule has 1 aromatic carbocycles. The molecule has 0 spiro atoms. The molecule has 1 aromatic rings. The monoisotopic (exact) mass is 294 g/mol. The van der Waals surface area contributed by atoms with Crippen molar-refractivity contribution in [2.24, 2.45) is 0 Å². The van der Waals surface area contributed by atoms with Gasteiger partial charge in [-0.1, -0.05) is 25.5 Å². The predicted molar refractivity (Wildman–Crippen MR) is 82.9 cm³/mol. The minimum absolute atomic E-state index is 0.0448. The summed E-state index contributed by atoms with van der Waals surface area (Å²) < 4.78 is 5.61. The Labute approximate surface area is 124 Å². The van der Waals surface area contributed by atoms with Crippen LogP contribution in [0.2, 0.25) is 0 Å². The molecule has 2 N–H and O–H groups in total. The Hall–Kier alpha value is -1.20. The SMILES string of the molecule is CCCCOc1ccc(CNC(=O)C2CSCN2)cc1. The zero-order valence-electron chi connectivity index (χ0n) is 11.9. The van der Waals surface area contributed by atoms with Crippen LogP contribution in [0.25, 0.3) is 0 Å². The lowest BCUT2D eigenvalue weighted by molar-refractivity contribution is -0.122. The van der Waals surface area contributed by atoms with Gasteiger partial charge in [-0.25, -0.2) is 0 Å². The number of benzene rings is 1. The normalized spacial score (nSPS) is 17.9. The Kier molecular flexibility index (Phi) is 6.21. The van der Waals surface area contributed by atoms with Gasteiger partial charge in [-0.05, 0) is 24.1 Å². The zero-order valence-corrected chi connectivity index (χ0v) is 12.7. The minimum Gasteiger partial charge on any atom is -0.494 e. The lowest BCUT2D eigenvalue weighted by Gasteiger charge is -2.11. The van der Waals surface area contributed by atoms with E-state index in [0.29, 0.717) is 6.54 Å². The zero-order chi connectivity index (χ0) is 14.2. The van der Waals surface area contributed by atoms with Gasteiger partial charge in [0.2, 0.25) is 5.91 Å². The number of unbranched alkanes of at least 4 members (excludes halogenated alkanes) is 1. The molecule has 1 fully saturated rings. The van der Waals surface area contributed by atoms with Gasteiger partial charge in [0.25, 0.3) is 0 Å². The van der Waals surface area contributed by atoms with Gasteiger partial charge < -0.3 is 10.1 Å². The molecule has 1 saturated heterocycles. The fourth-order valence-corrected chi connectivity index (χ4v) is 2.86. The van der Waals surface area contributed by atoms with E-state index in [4.69, 9.17) is 4.74 Å². The standard InChI is InChI=1S/C15H22N2O2S/c1-2-3-8-19-13-6-4-12(5-7-13)9-16-15(18)14-10-20-11-17-14/h4-7,14,17H,2-3,8-11H2,1H3,(H,16,18). The van der Waals surface area contributed by atoms with E-state index in [-0.39, 0.29) is 11.9 Å². The van der Waals surface area contributed by atoms with Gasteiger partial charge in [0.05, 0.1) is 12.6 Å². The van der Waals surface area contributed by atoms with Crippen molar-refractivity contribution in [3.63, 3.8) is 0 Å². The first-order valence-corrected chi connectivity index (χ1v) is 8.25. The molecule has 0 bridgehead atoms. The minimum atomic E-state index is -0.0448. The van der Waals surface area contributed by atoms with Crippen molar-refractivity contribution in [3.8, 4) is 5.75 Å². The highest BCUT2D eigenvalue weighted by Gasteiger charge is 2.21. The van der Waals surface area contributed by atoms with Crippen LogP contribution in [0.3, 0.4) is 0 Å². The van der Waals surface area contributed by atoms with Gasteiger partial charge in [-0.2, -0.15) is 0 Å². The number of nitrogens with one attached hydrogen (secondary N) is 2. The highest BCUT2D eigenvalue weighted by molar-refractivity contribution is 7.99. The van der Waals surface area contributed by atoms with E-state index in [1.807, 2.05) is 24.3 Å². The van der Waals surface area contributed by atoms with E-state index < -0.39 is 0 Å². The molecule has 1 unspecified atom stereocenters. The molecule has 0 aromatic heterocycles. The molecule has 0 radical (unpaired) electrons. The van der Waals surface area contributed by atoms with Crippen molar-refractivity contribution in [1.29, 1.82) is 0 Å². The summed E-state index contributed by atoms with van der Waals surface area (Å²) in [6.45, 7) is 3.47. The second-order valence-electron chi connectivity index (χ2n) is 4.84. The number of hydrogen-bond donors (Lipinski definition) is 2. The summed E-state index contributed by atoms with van der Waals surface area (Å²) in [5.41, 5.74) is 1.09. The first-order valence-electron chi connectivity index (χ1n) is 7.10. The second kappa shape index (κ2) is 8.17. The van der Waals surface area contributed by atoms with Gasteiger partial charge in [-0.3, -0.25) is 10.1 Å². The van der Waals surface area contributed by atoms with Gasteiger partial charge >= 0.3 is 0 Å². The van der Waals surface area contributed by atoms with E-state index in [9.17, 15) is 4.79 Å². The van der Waals surface area contributed by atoms with Crippen molar-refractivity contribution in [3.05, 3.63) is 29.8 Å². The molecule has 20 heavy (non-hydrogen) atoms. The number of thioether (sulfide) groups is 1. The molecule has 4 nitrogen and oxygen atoms in total. The summed E-state index contributed by atoms with van der Waals surface area (Å²) in [5.74, 6) is 2.69. The van der Waals surface area contributed by atoms with Crippen molar-refractivity contribution in [2.75, 3.05) is 18.2 Å². The smallest absolute Gasteiger partial charge is 0.238 e. The molecule has 2 rings (SSSR count). The molecule has 0 aliphatic carbocycles. The van der Waals surface area contributed by atoms with Crippen molar-refractivity contribution < 1.29 is 9.53 Å². The Morgan fingerprint density at radius 1 is 1.45 bits per heavy atom. The highest BCUT2D eigenvalue weighted by Crippen LogP contribution is 2.13. The maximum Gasteiger partial charge on any atom is 0.238 e. The maximum atomic E-state index is 11.8. The summed E-state index contributed by atoms with van der Waals surface area (Å²) in [5, 5.41) is 6.12. The van der Waals surface area contributed by atoms with Crippen LogP contribution < -0.4 is 15.4 Å². The Morgan fingerprint density at radius 2 is 2.25 bits per heavy atom. The third-order valence-corrected chi connectivity index (χ3v) is 4.13. The second-order valence-corrected chi connectivity index (χ2v) is 5.87. The fourth-order valence-electron chi connectivity index (χ4n) is 1.91. The molecule has 5 heteroatoms. The van der Waals surface area contributed by atoms with E-state index >= 15 is 0 Å². The van der Waals surface area contributed by atoms with Gasteiger partial charge in [0.1, 0.15) is 5.75 Å². The molecule has 1 aliphatic rings. The number of carbonyl (C=O) groups excluding carboxylic acids is 1. The Balaban J connectivity index is 1.74. The average Bonchev–Trinajstić information content (AvgIpc) is 3.01. The van der Waals surface area contributed by atoms with Crippen LogP contribution in [0.1, 0.15) is 25.3 Å². The van der Waals surface area contributed by atoms with Crippen LogP contribution >= 0.6 is 11.8 Å². The van der Waals surface area contributed by atoms with Crippen molar-refractivity contribution in [2.45, 2.75) is 32.4 Å². The number of amides is 1. The molecule has 110 valence electrons. The van der Waals surface area contributed by atoms with Gasteiger partial charge in [0.15, 0.2) is 0 Å². The fraction of sp³-hybridized carbons (Fsp3) is 0.533. The largest absolute Gasteiger partial charge is 0.494 e. The highest BCUT2D eigenvalue weighted by atomic mass is 32.2. The van der Waals surface area contributed by atoms with Crippen molar-refractivity contribution >= 4 is 17.7 Å². The van der Waals surface area contributed by atoms with E-state index in [2.05, 4.69) is 17.6 Å². The summed E-state index contributed by atoms with van der Waals surface area (Å²) in [6.07, 6.45) is 2.21. The van der Waals surface area contributed by atoms with Gasteiger partial charge in [-0.15, -0.1) is 11.8 Å². The number of ether oxygens (including phenoxy) is 1. The van der Waals surface area contributed by atoms with Crippen LogP contribution in [0, 0.1) is 0 Å². The third kappa shape index (κ3) is 4.72. The molecule has 0 saturated carbocycles. The number of carbonyl (C=O) groups is 1. The first kappa shape index (κ1) is 15.2. The topological polar surface area (TPSA) is 50.4 Å². The van der Waals surface area contributed by atoms with Crippen LogP contribution in [0.4, 0.5) is 0 Å². The van der Waals surface area contributed by atoms with Crippen LogP contribution in [0.5, 0.6) is 5.75 Å².